The van der Waals surface area contributed by atoms with Gasteiger partial charge < -0.3 is 24.5 Å². The Morgan fingerprint density at radius 2 is 1.93 bits per heavy atom. The van der Waals surface area contributed by atoms with Crippen molar-refractivity contribution in [1.29, 1.82) is 0 Å². The zero-order chi connectivity index (χ0) is 20.8. The second kappa shape index (κ2) is 9.27. The lowest BCUT2D eigenvalue weighted by molar-refractivity contribution is -0.154. The van der Waals surface area contributed by atoms with Crippen molar-refractivity contribution in [2.45, 2.75) is 32.9 Å². The monoisotopic (exact) mass is 408 g/mol. The van der Waals surface area contributed by atoms with Gasteiger partial charge in [-0.15, -0.1) is 0 Å². The van der Waals surface area contributed by atoms with Crippen LogP contribution in [0, 0.1) is 6.92 Å². The quantitative estimate of drug-likeness (QED) is 0.682. The number of methoxy groups -OCH3 is 1. The molecule has 8 nitrogen and oxygen atoms in total. The molecule has 0 spiro atoms. The topological polar surface area (TPSA) is 107 Å². The highest BCUT2D eigenvalue weighted by atomic mass is 35.5. The van der Waals surface area contributed by atoms with E-state index >= 15 is 0 Å². The van der Waals surface area contributed by atoms with Crippen molar-refractivity contribution < 1.29 is 28.3 Å². The third-order valence-electron chi connectivity index (χ3n) is 3.85. The van der Waals surface area contributed by atoms with E-state index in [1.165, 1.54) is 33.3 Å². The fourth-order valence-electron chi connectivity index (χ4n) is 2.23. The van der Waals surface area contributed by atoms with Crippen molar-refractivity contribution in [3.8, 4) is 5.75 Å². The van der Waals surface area contributed by atoms with Gasteiger partial charge in [-0.1, -0.05) is 11.6 Å². The molecule has 2 aromatic rings. The molecule has 28 heavy (non-hydrogen) atoms. The molecule has 1 heterocycles. The summed E-state index contributed by atoms with van der Waals surface area (Å²) in [4.78, 5) is 36.4. The van der Waals surface area contributed by atoms with Crippen molar-refractivity contribution >= 4 is 35.1 Å². The summed E-state index contributed by atoms with van der Waals surface area (Å²) >= 11 is 6.04. The number of halogens is 1. The van der Waals surface area contributed by atoms with E-state index in [4.69, 9.17) is 25.5 Å². The number of amides is 2. The number of ether oxygens (including phenoxy) is 2. The standard InChI is InChI=1S/C19H21ClN2O6/c1-10-8-14(16(26-4)9-13(10)20)22-17(23)12(3)28-19(25)11(2)21-18(24)15-6-5-7-27-15/h5-9,11-12H,1-4H3,(H,21,24)(H,22,23)/t11-,12+/m0/s1. The summed E-state index contributed by atoms with van der Waals surface area (Å²) in [5.74, 6) is -1.44. The van der Waals surface area contributed by atoms with E-state index in [9.17, 15) is 14.4 Å². The Balaban J connectivity index is 1.95. The van der Waals surface area contributed by atoms with E-state index < -0.39 is 29.9 Å². The van der Waals surface area contributed by atoms with Crippen LogP contribution in [0.25, 0.3) is 0 Å². The first kappa shape index (κ1) is 21.3. The fraction of sp³-hybridized carbons (Fsp3) is 0.316. The van der Waals surface area contributed by atoms with Crippen LogP contribution in [0.1, 0.15) is 30.0 Å². The van der Waals surface area contributed by atoms with Crippen LogP contribution in [0.15, 0.2) is 34.9 Å². The SMILES string of the molecule is COc1cc(Cl)c(C)cc1NC(=O)[C@@H](C)OC(=O)[C@H](C)NC(=O)c1ccco1. The number of rotatable bonds is 7. The molecule has 0 aliphatic heterocycles. The third-order valence-corrected chi connectivity index (χ3v) is 4.25. The molecule has 2 rings (SSSR count). The van der Waals surface area contributed by atoms with E-state index in [0.29, 0.717) is 16.5 Å². The molecule has 0 aliphatic rings. The molecule has 2 N–H and O–H groups in total. The first-order valence-corrected chi connectivity index (χ1v) is 8.80. The van der Waals surface area contributed by atoms with Crippen LogP contribution < -0.4 is 15.4 Å². The molecular weight excluding hydrogens is 388 g/mol. The summed E-state index contributed by atoms with van der Waals surface area (Å²) in [5.41, 5.74) is 1.15. The van der Waals surface area contributed by atoms with Crippen LogP contribution in [0.3, 0.4) is 0 Å². The highest BCUT2D eigenvalue weighted by Gasteiger charge is 2.25. The lowest BCUT2D eigenvalue weighted by Gasteiger charge is -2.18. The molecule has 0 saturated heterocycles. The number of furan rings is 1. The molecule has 0 aliphatic carbocycles. The highest BCUT2D eigenvalue weighted by Crippen LogP contribution is 2.31. The molecule has 1 aromatic heterocycles. The lowest BCUT2D eigenvalue weighted by Crippen LogP contribution is -2.42. The predicted octanol–water partition coefficient (Wildman–Crippen LogP) is 2.94. The second-order valence-electron chi connectivity index (χ2n) is 6.04. The van der Waals surface area contributed by atoms with Crippen LogP contribution >= 0.6 is 11.6 Å². The van der Waals surface area contributed by atoms with Crippen molar-refractivity contribution in [2.75, 3.05) is 12.4 Å². The number of benzene rings is 1. The number of hydrogen-bond acceptors (Lipinski definition) is 6. The van der Waals surface area contributed by atoms with Gasteiger partial charge in [-0.25, -0.2) is 4.79 Å². The number of aryl methyl sites for hydroxylation is 1. The van der Waals surface area contributed by atoms with Crippen LogP contribution in [0.5, 0.6) is 5.75 Å². The van der Waals surface area contributed by atoms with Gasteiger partial charge in [0, 0.05) is 11.1 Å². The summed E-state index contributed by atoms with van der Waals surface area (Å²) in [6, 6.07) is 5.28. The minimum absolute atomic E-state index is 0.0654. The number of carbonyl (C=O) groups is 3. The first-order chi connectivity index (χ1) is 13.2. The molecule has 1 aromatic carbocycles. The minimum atomic E-state index is -1.10. The molecule has 2 amide bonds. The van der Waals surface area contributed by atoms with Gasteiger partial charge in [-0.05, 0) is 44.5 Å². The molecule has 9 heteroatoms. The van der Waals surface area contributed by atoms with Gasteiger partial charge in [-0.2, -0.15) is 0 Å². The number of carbonyl (C=O) groups excluding carboxylic acids is 3. The van der Waals surface area contributed by atoms with Gasteiger partial charge in [0.05, 0.1) is 19.1 Å². The van der Waals surface area contributed by atoms with Gasteiger partial charge in [0.15, 0.2) is 11.9 Å². The number of hydrogen-bond donors (Lipinski definition) is 2. The molecule has 0 fully saturated rings. The largest absolute Gasteiger partial charge is 0.495 e. The van der Waals surface area contributed by atoms with Gasteiger partial charge in [-0.3, -0.25) is 9.59 Å². The van der Waals surface area contributed by atoms with E-state index in [1.807, 2.05) is 0 Å². The molecule has 0 radical (unpaired) electrons. The predicted molar refractivity (Wildman–Crippen MR) is 103 cm³/mol. The zero-order valence-corrected chi connectivity index (χ0v) is 16.6. The molecule has 150 valence electrons. The van der Waals surface area contributed by atoms with E-state index in [2.05, 4.69) is 10.6 Å². The van der Waals surface area contributed by atoms with Crippen LogP contribution in [0.4, 0.5) is 5.69 Å². The molecule has 0 saturated carbocycles. The Labute approximate surface area is 167 Å². The molecular formula is C19H21ClN2O6. The number of esters is 1. The maximum absolute atomic E-state index is 12.4. The fourth-order valence-corrected chi connectivity index (χ4v) is 2.38. The molecule has 0 unspecified atom stereocenters. The van der Waals surface area contributed by atoms with Crippen molar-refractivity contribution in [3.63, 3.8) is 0 Å². The van der Waals surface area contributed by atoms with Crippen LogP contribution in [0.2, 0.25) is 5.02 Å². The highest BCUT2D eigenvalue weighted by molar-refractivity contribution is 6.31. The normalized spacial score (nSPS) is 12.6. The summed E-state index contributed by atoms with van der Waals surface area (Å²) in [6.07, 6.45) is 0.244. The molecule has 0 bridgehead atoms. The van der Waals surface area contributed by atoms with Crippen molar-refractivity contribution in [1.82, 2.24) is 5.32 Å². The third kappa shape index (κ3) is 5.26. The zero-order valence-electron chi connectivity index (χ0n) is 15.9. The second-order valence-corrected chi connectivity index (χ2v) is 6.45. The summed E-state index contributed by atoms with van der Waals surface area (Å²) < 4.78 is 15.3. The summed E-state index contributed by atoms with van der Waals surface area (Å²) in [5, 5.41) is 5.56. The average Bonchev–Trinajstić information content (AvgIpc) is 3.19. The maximum Gasteiger partial charge on any atom is 0.329 e. The Morgan fingerprint density at radius 3 is 2.54 bits per heavy atom. The first-order valence-electron chi connectivity index (χ1n) is 8.42. The number of nitrogens with one attached hydrogen (secondary N) is 2. The van der Waals surface area contributed by atoms with Crippen LogP contribution in [-0.4, -0.2) is 37.0 Å². The Hall–Kier alpha value is -3.00. The van der Waals surface area contributed by atoms with Gasteiger partial charge in [0.2, 0.25) is 0 Å². The lowest BCUT2D eigenvalue weighted by atomic mass is 10.2. The van der Waals surface area contributed by atoms with E-state index in [0.717, 1.165) is 5.56 Å². The Kier molecular flexibility index (Phi) is 7.06. The average molecular weight is 409 g/mol. The van der Waals surface area contributed by atoms with Crippen LogP contribution in [-0.2, 0) is 14.3 Å². The van der Waals surface area contributed by atoms with Crippen molar-refractivity contribution in [2.24, 2.45) is 0 Å². The number of anilines is 1. The van der Waals surface area contributed by atoms with Gasteiger partial charge in [0.25, 0.3) is 11.8 Å². The Bertz CT molecular complexity index is 866. The van der Waals surface area contributed by atoms with E-state index in [-0.39, 0.29) is 5.76 Å². The van der Waals surface area contributed by atoms with Gasteiger partial charge in [0.1, 0.15) is 11.8 Å². The summed E-state index contributed by atoms with van der Waals surface area (Å²) in [7, 11) is 1.45. The smallest absolute Gasteiger partial charge is 0.329 e. The van der Waals surface area contributed by atoms with E-state index in [1.54, 1.807) is 25.1 Å². The maximum atomic E-state index is 12.4. The van der Waals surface area contributed by atoms with Crippen molar-refractivity contribution in [3.05, 3.63) is 46.9 Å². The Morgan fingerprint density at radius 1 is 1.21 bits per heavy atom. The molecule has 2 atom stereocenters. The summed E-state index contributed by atoms with van der Waals surface area (Å²) in [6.45, 7) is 4.65. The van der Waals surface area contributed by atoms with Gasteiger partial charge >= 0.3 is 5.97 Å². The minimum Gasteiger partial charge on any atom is -0.495 e.